The molecule has 0 saturated carbocycles. The van der Waals surface area contributed by atoms with Crippen molar-refractivity contribution in [2.45, 2.75) is 23.8 Å². The minimum atomic E-state index is 0.0641. The van der Waals surface area contributed by atoms with Gasteiger partial charge in [-0.3, -0.25) is 9.48 Å². The fraction of sp³-hybridized carbons (Fsp3) is 0.190. The third-order valence-electron chi connectivity index (χ3n) is 4.25. The van der Waals surface area contributed by atoms with E-state index >= 15 is 0 Å². The number of nitrogens with zero attached hydrogens (tertiary/aromatic N) is 3. The molecule has 2 heterocycles. The Balaban J connectivity index is 1.19. The van der Waals surface area contributed by atoms with Crippen molar-refractivity contribution in [3.8, 4) is 0 Å². The molecule has 5 nitrogen and oxygen atoms in total. The Labute approximate surface area is 171 Å². The second-order valence-corrected chi connectivity index (χ2v) is 8.72. The number of rotatable bonds is 8. The fourth-order valence-electron chi connectivity index (χ4n) is 2.78. The highest BCUT2D eigenvalue weighted by Gasteiger charge is 2.06. The van der Waals surface area contributed by atoms with Gasteiger partial charge >= 0.3 is 0 Å². The summed E-state index contributed by atoms with van der Waals surface area (Å²) in [5.74, 6) is 0.795. The van der Waals surface area contributed by atoms with E-state index in [1.807, 2.05) is 35.1 Å². The number of amides is 1. The number of nitrogens with one attached hydrogen (secondary N) is 1. The molecule has 0 aliphatic heterocycles. The molecule has 4 aromatic rings. The van der Waals surface area contributed by atoms with Gasteiger partial charge in [-0.1, -0.05) is 48.2 Å². The minimum Gasteiger partial charge on any atom is -0.352 e. The number of fused-ring (bicyclic) bond motifs is 1. The molecule has 0 saturated heterocycles. The maximum Gasteiger partial charge on any atom is 0.221 e. The van der Waals surface area contributed by atoms with Gasteiger partial charge in [-0.25, -0.2) is 4.98 Å². The van der Waals surface area contributed by atoms with Gasteiger partial charge in [0, 0.05) is 31.1 Å². The molecule has 142 valence electrons. The normalized spacial score (nSPS) is 11.0. The van der Waals surface area contributed by atoms with Crippen molar-refractivity contribution in [2.75, 3.05) is 5.75 Å². The van der Waals surface area contributed by atoms with Crippen LogP contribution in [0.3, 0.4) is 0 Å². The highest BCUT2D eigenvalue weighted by molar-refractivity contribution is 8.01. The van der Waals surface area contributed by atoms with E-state index in [1.54, 1.807) is 29.3 Å². The van der Waals surface area contributed by atoms with Crippen LogP contribution in [0, 0.1) is 0 Å². The van der Waals surface area contributed by atoms with Crippen LogP contribution in [0.4, 0.5) is 0 Å². The van der Waals surface area contributed by atoms with Gasteiger partial charge in [0.2, 0.25) is 5.91 Å². The Bertz CT molecular complexity index is 1010. The zero-order valence-electron chi connectivity index (χ0n) is 15.2. The van der Waals surface area contributed by atoms with Crippen LogP contribution in [-0.4, -0.2) is 26.4 Å². The predicted molar refractivity (Wildman–Crippen MR) is 115 cm³/mol. The summed E-state index contributed by atoms with van der Waals surface area (Å²) in [7, 11) is 0. The van der Waals surface area contributed by atoms with Crippen LogP contribution in [-0.2, 0) is 17.9 Å². The van der Waals surface area contributed by atoms with Gasteiger partial charge in [0.1, 0.15) is 0 Å². The number of para-hydroxylation sites is 1. The largest absolute Gasteiger partial charge is 0.352 e. The van der Waals surface area contributed by atoms with E-state index in [0.29, 0.717) is 13.0 Å². The molecule has 0 fully saturated rings. The summed E-state index contributed by atoms with van der Waals surface area (Å²) in [6.07, 6.45) is 4.21. The zero-order valence-corrected chi connectivity index (χ0v) is 16.9. The number of thioether (sulfide) groups is 1. The highest BCUT2D eigenvalue weighted by Crippen LogP contribution is 2.29. The van der Waals surface area contributed by atoms with Gasteiger partial charge in [-0.15, -0.1) is 11.3 Å². The first-order valence-electron chi connectivity index (χ1n) is 9.06. The highest BCUT2D eigenvalue weighted by atomic mass is 32.2. The van der Waals surface area contributed by atoms with Crippen LogP contribution in [0.2, 0.25) is 0 Å². The quantitative estimate of drug-likeness (QED) is 0.441. The van der Waals surface area contributed by atoms with Gasteiger partial charge in [-0.2, -0.15) is 5.10 Å². The van der Waals surface area contributed by atoms with E-state index in [9.17, 15) is 4.79 Å². The van der Waals surface area contributed by atoms with E-state index in [1.165, 1.54) is 10.3 Å². The maximum absolute atomic E-state index is 12.1. The monoisotopic (exact) mass is 408 g/mol. The summed E-state index contributed by atoms with van der Waals surface area (Å²) in [5, 5.41) is 7.20. The molecule has 0 radical (unpaired) electrons. The van der Waals surface area contributed by atoms with E-state index in [-0.39, 0.29) is 5.91 Å². The molecule has 0 aliphatic rings. The Hall–Kier alpha value is -2.64. The molecule has 4 rings (SSSR count). The third-order valence-corrected chi connectivity index (χ3v) is 6.43. The van der Waals surface area contributed by atoms with E-state index < -0.39 is 0 Å². The summed E-state index contributed by atoms with van der Waals surface area (Å²) >= 11 is 3.31. The van der Waals surface area contributed by atoms with E-state index in [2.05, 4.69) is 45.7 Å². The summed E-state index contributed by atoms with van der Waals surface area (Å²) in [4.78, 5) is 16.7. The fourth-order valence-corrected chi connectivity index (χ4v) is 4.85. The topological polar surface area (TPSA) is 59.8 Å². The van der Waals surface area contributed by atoms with Crippen molar-refractivity contribution in [3.63, 3.8) is 0 Å². The zero-order chi connectivity index (χ0) is 19.2. The van der Waals surface area contributed by atoms with Crippen molar-refractivity contribution in [1.29, 1.82) is 0 Å². The number of aromatic nitrogens is 3. The minimum absolute atomic E-state index is 0.0641. The molecular formula is C21H20N4OS2. The number of hydrogen-bond acceptors (Lipinski definition) is 5. The standard InChI is InChI=1S/C21H20N4OS2/c26-20(10-13-27-21-24-18-4-1-2-5-19(18)28-21)22-14-16-6-8-17(9-7-16)15-25-12-3-11-23-25/h1-9,11-12H,10,13-15H2,(H,22,26). The summed E-state index contributed by atoms with van der Waals surface area (Å²) in [6.45, 7) is 1.30. The smallest absolute Gasteiger partial charge is 0.221 e. The van der Waals surface area contributed by atoms with Crippen molar-refractivity contribution >= 4 is 39.2 Å². The SMILES string of the molecule is O=C(CCSc1nc2ccccc2s1)NCc1ccc(Cn2cccn2)cc1. The van der Waals surface area contributed by atoms with Crippen LogP contribution < -0.4 is 5.32 Å². The summed E-state index contributed by atoms with van der Waals surface area (Å²) in [6, 6.07) is 18.3. The van der Waals surface area contributed by atoms with Gasteiger partial charge < -0.3 is 5.32 Å². The first-order valence-corrected chi connectivity index (χ1v) is 10.9. The average Bonchev–Trinajstić information content (AvgIpc) is 3.36. The lowest BCUT2D eigenvalue weighted by atomic mass is 10.1. The number of thiazole rings is 1. The summed E-state index contributed by atoms with van der Waals surface area (Å²) in [5.41, 5.74) is 3.30. The Morgan fingerprint density at radius 3 is 2.68 bits per heavy atom. The van der Waals surface area contributed by atoms with Crippen LogP contribution in [0.15, 0.2) is 71.3 Å². The van der Waals surface area contributed by atoms with Gasteiger partial charge in [-0.05, 0) is 29.3 Å². The molecule has 1 N–H and O–H groups in total. The lowest BCUT2D eigenvalue weighted by molar-refractivity contribution is -0.120. The maximum atomic E-state index is 12.1. The molecule has 28 heavy (non-hydrogen) atoms. The van der Waals surface area contributed by atoms with Crippen LogP contribution >= 0.6 is 23.1 Å². The third kappa shape index (κ3) is 4.99. The number of carbonyl (C=O) groups excluding carboxylic acids is 1. The average molecular weight is 409 g/mol. The molecule has 0 unspecified atom stereocenters. The molecule has 2 aromatic heterocycles. The van der Waals surface area contributed by atoms with E-state index in [4.69, 9.17) is 0 Å². The number of hydrogen-bond donors (Lipinski definition) is 1. The summed E-state index contributed by atoms with van der Waals surface area (Å²) < 4.78 is 4.09. The first-order chi connectivity index (χ1) is 13.8. The van der Waals surface area contributed by atoms with Gasteiger partial charge in [0.15, 0.2) is 4.34 Å². The van der Waals surface area contributed by atoms with Crippen molar-refractivity contribution in [3.05, 3.63) is 78.1 Å². The number of benzene rings is 2. The molecule has 7 heteroatoms. The number of carbonyl (C=O) groups is 1. The van der Waals surface area contributed by atoms with Crippen molar-refractivity contribution in [1.82, 2.24) is 20.1 Å². The molecule has 0 aliphatic carbocycles. The molecule has 2 aromatic carbocycles. The lowest BCUT2D eigenvalue weighted by Gasteiger charge is -2.07. The molecule has 0 atom stereocenters. The van der Waals surface area contributed by atoms with Gasteiger partial charge in [0.05, 0.1) is 16.8 Å². The van der Waals surface area contributed by atoms with Crippen molar-refractivity contribution < 1.29 is 4.79 Å². The lowest BCUT2D eigenvalue weighted by Crippen LogP contribution is -2.23. The molecule has 0 bridgehead atoms. The molecular weight excluding hydrogens is 388 g/mol. The Morgan fingerprint density at radius 2 is 1.89 bits per heavy atom. The van der Waals surface area contributed by atoms with Crippen LogP contribution in [0.25, 0.3) is 10.2 Å². The Morgan fingerprint density at radius 1 is 1.07 bits per heavy atom. The Kier molecular flexibility index (Phi) is 6.04. The van der Waals surface area contributed by atoms with Crippen molar-refractivity contribution in [2.24, 2.45) is 0 Å². The molecule has 0 spiro atoms. The predicted octanol–water partition coefficient (Wildman–Crippen LogP) is 4.34. The second kappa shape index (κ2) is 9.03. The first kappa shape index (κ1) is 18.7. The second-order valence-electron chi connectivity index (χ2n) is 6.34. The molecule has 1 amide bonds. The van der Waals surface area contributed by atoms with Crippen LogP contribution in [0.1, 0.15) is 17.5 Å². The van der Waals surface area contributed by atoms with Crippen LogP contribution in [0.5, 0.6) is 0 Å². The van der Waals surface area contributed by atoms with Gasteiger partial charge in [0.25, 0.3) is 0 Å². The van der Waals surface area contributed by atoms with E-state index in [0.717, 1.165) is 27.7 Å².